The van der Waals surface area contributed by atoms with E-state index in [1.165, 1.54) is 0 Å². The zero-order valence-corrected chi connectivity index (χ0v) is 5.24. The first kappa shape index (κ1) is 10.5. The van der Waals surface area contributed by atoms with Gasteiger partial charge in [-0.3, -0.25) is 4.39 Å². The summed E-state index contributed by atoms with van der Waals surface area (Å²) in [6.07, 6.45) is 0.653. The summed E-state index contributed by atoms with van der Waals surface area (Å²) in [7, 11) is -3.11. The van der Waals surface area contributed by atoms with Crippen molar-refractivity contribution >= 4 is 10.6 Å². The van der Waals surface area contributed by atoms with Crippen LogP contribution in [-0.2, 0) is 10.6 Å². The standard InChI is InChI=1S/C3H7F.O3S/c1-2-3-4;1-4(2)3/h2-3H2,1H3;/i;1-15. The van der Waals surface area contributed by atoms with Crippen LogP contribution < -0.4 is 0 Å². The molecule has 0 radical (unpaired) electrons. The second-order valence-electron chi connectivity index (χ2n) is 0.893. The van der Waals surface area contributed by atoms with Crippen molar-refractivity contribution in [3.8, 4) is 0 Å². The smallest absolute Gasteiger partial charge is 0.251 e. The molecule has 0 saturated heterocycles. The van der Waals surface area contributed by atoms with E-state index >= 15 is 0 Å². The zero-order chi connectivity index (χ0) is 6.99. The molecule has 0 rings (SSSR count). The van der Waals surface area contributed by atoms with Gasteiger partial charge in [-0.2, -0.15) is 0 Å². The lowest BCUT2D eigenvalue weighted by Gasteiger charge is -1.64. The predicted molar refractivity (Wildman–Crippen MR) is 26.0 cm³/mol. The molecule has 0 aliphatic heterocycles. The minimum Gasteiger partial charge on any atom is -0.251 e. The van der Waals surface area contributed by atoms with Crippen LogP contribution in [0.5, 0.6) is 0 Å². The molecule has 0 aliphatic carbocycles. The summed E-state index contributed by atoms with van der Waals surface area (Å²) in [4.78, 5) is 0. The SMILES string of the molecule is CCCF.O=S(=O)=[1O]. The van der Waals surface area contributed by atoms with E-state index in [1.54, 1.807) is 6.92 Å². The second-order valence-corrected chi connectivity index (χ2v) is 1.30. The van der Waals surface area contributed by atoms with Gasteiger partial charge in [0.2, 0.25) is 0 Å². The van der Waals surface area contributed by atoms with Crippen LogP contribution in [0.15, 0.2) is 0 Å². The van der Waals surface area contributed by atoms with E-state index < -0.39 is 10.6 Å². The fraction of sp³-hybridized carbons (Fsp3) is 1.00. The molecule has 0 aromatic heterocycles. The zero-order valence-electron chi connectivity index (χ0n) is 4.43. The second kappa shape index (κ2) is 9.75. The number of halogens is 1. The van der Waals surface area contributed by atoms with Gasteiger partial charge in [0, 0.05) is 0 Å². The number of rotatable bonds is 1. The summed E-state index contributed by atoms with van der Waals surface area (Å²) < 4.78 is 36.1. The van der Waals surface area contributed by atoms with Crippen LogP contribution in [0.4, 0.5) is 4.39 Å². The van der Waals surface area contributed by atoms with E-state index in [2.05, 4.69) is 0 Å². The quantitative estimate of drug-likeness (QED) is 0.511. The first-order chi connectivity index (χ1) is 3.65. The topological polar surface area (TPSA) is 51.2 Å². The van der Waals surface area contributed by atoms with Gasteiger partial charge in [-0.15, -0.1) is 12.6 Å². The minimum atomic E-state index is -3.11. The number of hydrogen-bond acceptors (Lipinski definition) is 3. The van der Waals surface area contributed by atoms with Gasteiger partial charge < -0.3 is 0 Å². The van der Waals surface area contributed by atoms with Crippen LogP contribution in [0.25, 0.3) is 0 Å². The van der Waals surface area contributed by atoms with Crippen LogP contribution in [0.1, 0.15) is 13.3 Å². The van der Waals surface area contributed by atoms with Crippen LogP contribution in [-0.4, -0.2) is 19.3 Å². The van der Waals surface area contributed by atoms with Crippen molar-refractivity contribution in [1.82, 2.24) is 0 Å². The summed E-state index contributed by atoms with van der Waals surface area (Å²) in [6.45, 7) is 1.62. The van der Waals surface area contributed by atoms with Crippen molar-refractivity contribution in [2.75, 3.05) is 6.67 Å². The van der Waals surface area contributed by atoms with Gasteiger partial charge in [-0.05, 0) is 6.42 Å². The fourth-order valence-corrected chi connectivity index (χ4v) is 0. The highest BCUT2D eigenvalue weighted by Gasteiger charge is 1.60. The van der Waals surface area contributed by atoms with E-state index in [4.69, 9.17) is 12.6 Å². The lowest BCUT2D eigenvalue weighted by atomic mass is 0.984. The Morgan fingerprint density at radius 3 is 1.75 bits per heavy atom. The van der Waals surface area contributed by atoms with Crippen LogP contribution in [0, 0.1) is 0 Å². The molecular formula is C3H7FO3S. The molecule has 8 heavy (non-hydrogen) atoms. The van der Waals surface area contributed by atoms with Crippen LogP contribution in [0.3, 0.4) is 0 Å². The van der Waals surface area contributed by atoms with Crippen molar-refractivity contribution in [1.29, 1.82) is 0 Å². The van der Waals surface area contributed by atoms with Gasteiger partial charge in [0.1, 0.15) is 0 Å². The van der Waals surface area contributed by atoms with Gasteiger partial charge in [-0.25, -0.2) is 0 Å². The lowest BCUT2D eigenvalue weighted by Crippen LogP contribution is -1.58. The maximum atomic E-state index is 10.7. The molecule has 0 aromatic rings. The van der Waals surface area contributed by atoms with E-state index in [0.717, 1.165) is 0 Å². The highest BCUT2D eigenvalue weighted by molar-refractivity contribution is 7.59. The summed E-state index contributed by atoms with van der Waals surface area (Å²) in [6, 6.07) is 0. The highest BCUT2D eigenvalue weighted by atomic mass is 32.1. The van der Waals surface area contributed by atoms with Gasteiger partial charge in [0.25, 0.3) is 0 Å². The third kappa shape index (κ3) is 380. The Balaban J connectivity index is 0. The predicted octanol–water partition coefficient (Wildman–Crippen LogP) is 0.362. The monoisotopic (exact) mass is 127 g/mol. The normalized spacial score (nSPS) is 6.75. The van der Waals surface area contributed by atoms with E-state index in [0.29, 0.717) is 6.42 Å². The van der Waals surface area contributed by atoms with Crippen LogP contribution in [0.2, 0.25) is 0 Å². The molecule has 0 unspecified atom stereocenters. The van der Waals surface area contributed by atoms with Crippen molar-refractivity contribution in [3.05, 3.63) is 0 Å². The molecule has 0 saturated carbocycles. The number of alkyl halides is 1. The van der Waals surface area contributed by atoms with E-state index in [-0.39, 0.29) is 6.67 Å². The summed E-state index contributed by atoms with van der Waals surface area (Å²) in [5.74, 6) is 0. The largest absolute Gasteiger partial charge is 0.425 e. The molecule has 0 fully saturated rings. The first-order valence-electron chi connectivity index (χ1n) is 1.97. The maximum absolute atomic E-state index is 10.7. The third-order valence-electron chi connectivity index (χ3n) is 0.189. The molecule has 0 atom stereocenters. The Kier molecular flexibility index (Phi) is 12.8. The summed E-state index contributed by atoms with van der Waals surface area (Å²) in [5, 5.41) is 0. The molecule has 0 spiro atoms. The summed E-state index contributed by atoms with van der Waals surface area (Å²) in [5.41, 5.74) is 0. The molecule has 0 N–H and O–H groups in total. The lowest BCUT2D eigenvalue weighted by molar-refractivity contribution is 0.487. The Hall–Kier alpha value is -0.450. The molecule has 5 heteroatoms. The Labute approximate surface area is 48.6 Å². The van der Waals surface area contributed by atoms with E-state index in [9.17, 15) is 4.39 Å². The van der Waals surface area contributed by atoms with E-state index in [1.807, 2.05) is 0 Å². The fourth-order valence-electron chi connectivity index (χ4n) is 0. The van der Waals surface area contributed by atoms with Crippen molar-refractivity contribution in [2.24, 2.45) is 0 Å². The average molecular weight is 127 g/mol. The molecular weight excluding hydrogens is 120 g/mol. The maximum Gasteiger partial charge on any atom is 0.425 e. The Morgan fingerprint density at radius 2 is 1.75 bits per heavy atom. The molecule has 0 bridgehead atoms. The van der Waals surface area contributed by atoms with Crippen molar-refractivity contribution in [3.63, 3.8) is 0 Å². The molecule has 50 valence electrons. The van der Waals surface area contributed by atoms with Gasteiger partial charge >= 0.3 is 10.6 Å². The average Bonchev–Trinajstić information content (AvgIpc) is 1.65. The number of hydrogen-bond donors (Lipinski definition) is 0. The molecule has 0 aromatic carbocycles. The third-order valence-corrected chi connectivity index (χ3v) is 0.189. The van der Waals surface area contributed by atoms with Gasteiger partial charge in [0.05, 0.1) is 6.67 Å². The highest BCUT2D eigenvalue weighted by Crippen LogP contribution is 1.69. The Morgan fingerprint density at radius 1 is 1.62 bits per heavy atom. The molecule has 3 nitrogen and oxygen atoms in total. The van der Waals surface area contributed by atoms with Gasteiger partial charge in [0.15, 0.2) is 0 Å². The molecule has 0 amide bonds. The van der Waals surface area contributed by atoms with Gasteiger partial charge in [-0.1, -0.05) is 6.92 Å². The molecule has 0 aliphatic rings. The Bertz CT molecular complexity index is 104. The minimum absolute atomic E-state index is 0.181. The van der Waals surface area contributed by atoms with Crippen molar-refractivity contribution < 1.29 is 17.0 Å². The summed E-state index contributed by atoms with van der Waals surface area (Å²) >= 11 is 0. The first-order valence-corrected chi connectivity index (χ1v) is 2.97. The van der Waals surface area contributed by atoms with Crippen molar-refractivity contribution in [2.45, 2.75) is 13.3 Å². The molecule has 0 heterocycles. The van der Waals surface area contributed by atoms with Crippen LogP contribution >= 0.6 is 0 Å².